The first-order chi connectivity index (χ1) is 8.08. The van der Waals surface area contributed by atoms with Gasteiger partial charge in [0.1, 0.15) is 11.3 Å². The first-order valence-electron chi connectivity index (χ1n) is 5.02. The maximum absolute atomic E-state index is 11.1. The van der Waals surface area contributed by atoms with E-state index in [-0.39, 0.29) is 11.3 Å². The summed E-state index contributed by atoms with van der Waals surface area (Å²) in [5.41, 5.74) is -0.0149. The topological polar surface area (TPSA) is 63.6 Å². The second kappa shape index (κ2) is 4.25. The van der Waals surface area contributed by atoms with Crippen LogP contribution in [0, 0.1) is 0 Å². The lowest BCUT2D eigenvalue weighted by atomic mass is 10.1. The fraction of sp³-hybridized carbons (Fsp3) is 0.0769. The highest BCUT2D eigenvalue weighted by atomic mass is 16.5. The molecule has 1 N–H and O–H groups in total. The third kappa shape index (κ3) is 2.25. The Balaban J connectivity index is 2.66. The molecule has 86 valence electrons. The van der Waals surface area contributed by atoms with Crippen LogP contribution in [-0.2, 0) is 4.79 Å². The van der Waals surface area contributed by atoms with Crippen LogP contribution >= 0.6 is 0 Å². The van der Waals surface area contributed by atoms with Crippen molar-refractivity contribution in [3.63, 3.8) is 0 Å². The Morgan fingerprint density at radius 3 is 2.24 bits per heavy atom. The zero-order valence-corrected chi connectivity index (χ0v) is 9.14. The van der Waals surface area contributed by atoms with Crippen molar-refractivity contribution in [2.24, 2.45) is 0 Å². The molecule has 0 saturated heterocycles. The van der Waals surface area contributed by atoms with E-state index >= 15 is 0 Å². The maximum Gasteiger partial charge on any atom is 0.339 e. The van der Waals surface area contributed by atoms with Crippen LogP contribution in [0.5, 0.6) is 5.75 Å². The van der Waals surface area contributed by atoms with Gasteiger partial charge in [-0.2, -0.15) is 0 Å². The minimum atomic E-state index is -1.12. The predicted octanol–water partition coefficient (Wildman–Crippen LogP) is 2.46. The predicted molar refractivity (Wildman–Crippen MR) is 62.2 cm³/mol. The fourth-order valence-electron chi connectivity index (χ4n) is 1.63. The van der Waals surface area contributed by atoms with Gasteiger partial charge in [-0.25, -0.2) is 4.79 Å². The van der Waals surface area contributed by atoms with E-state index in [4.69, 9.17) is 9.84 Å². The van der Waals surface area contributed by atoms with Gasteiger partial charge >= 0.3 is 11.9 Å². The molecule has 0 atom stereocenters. The summed E-state index contributed by atoms with van der Waals surface area (Å²) in [5.74, 6) is -1.58. The normalized spacial score (nSPS) is 10.2. The smallest absolute Gasteiger partial charge is 0.339 e. The van der Waals surface area contributed by atoms with Crippen molar-refractivity contribution >= 4 is 22.7 Å². The summed E-state index contributed by atoms with van der Waals surface area (Å²) in [6.07, 6.45) is 0. The van der Waals surface area contributed by atoms with Crippen molar-refractivity contribution in [3.05, 3.63) is 42.0 Å². The number of fused-ring (bicyclic) bond motifs is 1. The summed E-state index contributed by atoms with van der Waals surface area (Å²) in [6, 6.07) is 10.3. The Kier molecular flexibility index (Phi) is 2.78. The molecule has 0 amide bonds. The number of carbonyl (C=O) groups excluding carboxylic acids is 1. The van der Waals surface area contributed by atoms with Crippen molar-refractivity contribution in [3.8, 4) is 5.75 Å². The standard InChI is InChI=1S/C13H10O4/c1-8(14)17-12-7-10-5-3-2-4-9(10)6-11(12)13(15)16/h2-7H,1H3,(H,15,16). The van der Waals surface area contributed by atoms with Gasteiger partial charge in [-0.15, -0.1) is 0 Å². The lowest BCUT2D eigenvalue weighted by Gasteiger charge is -2.07. The third-order valence-corrected chi connectivity index (χ3v) is 2.33. The van der Waals surface area contributed by atoms with Crippen molar-refractivity contribution < 1.29 is 19.4 Å². The molecule has 2 aromatic carbocycles. The minimum Gasteiger partial charge on any atom is -0.478 e. The number of carboxylic acid groups (broad SMARTS) is 1. The molecule has 4 heteroatoms. The fourth-order valence-corrected chi connectivity index (χ4v) is 1.63. The monoisotopic (exact) mass is 230 g/mol. The molecule has 0 aromatic heterocycles. The average molecular weight is 230 g/mol. The largest absolute Gasteiger partial charge is 0.478 e. The Labute approximate surface area is 97.4 Å². The van der Waals surface area contributed by atoms with Crippen LogP contribution in [0.4, 0.5) is 0 Å². The minimum absolute atomic E-state index is 0.0149. The molecule has 4 nitrogen and oxygen atoms in total. The number of rotatable bonds is 2. The van der Waals surface area contributed by atoms with Gasteiger partial charge in [0.2, 0.25) is 0 Å². The molecule has 0 aliphatic heterocycles. The lowest BCUT2D eigenvalue weighted by molar-refractivity contribution is -0.131. The Morgan fingerprint density at radius 2 is 1.71 bits per heavy atom. The summed E-state index contributed by atoms with van der Waals surface area (Å²) in [7, 11) is 0. The van der Waals surface area contributed by atoms with Crippen LogP contribution < -0.4 is 4.74 Å². The van der Waals surface area contributed by atoms with Gasteiger partial charge in [0.05, 0.1) is 0 Å². The van der Waals surface area contributed by atoms with E-state index in [1.807, 2.05) is 18.2 Å². The number of hydrogen-bond donors (Lipinski definition) is 1. The molecule has 2 rings (SSSR count). The first kappa shape index (κ1) is 11.1. The summed E-state index contributed by atoms with van der Waals surface area (Å²) < 4.78 is 4.90. The molecule has 0 aliphatic carbocycles. The molecule has 0 unspecified atom stereocenters. The van der Waals surface area contributed by atoms with Gasteiger partial charge in [-0.05, 0) is 22.9 Å². The number of esters is 1. The second-order valence-corrected chi connectivity index (χ2v) is 3.59. The van der Waals surface area contributed by atoms with E-state index in [0.29, 0.717) is 0 Å². The van der Waals surface area contributed by atoms with Gasteiger partial charge in [-0.3, -0.25) is 4.79 Å². The molecule has 0 fully saturated rings. The molecule has 0 bridgehead atoms. The van der Waals surface area contributed by atoms with Gasteiger partial charge in [0.25, 0.3) is 0 Å². The van der Waals surface area contributed by atoms with E-state index < -0.39 is 11.9 Å². The van der Waals surface area contributed by atoms with Crippen molar-refractivity contribution in [2.75, 3.05) is 0 Å². The van der Waals surface area contributed by atoms with Crippen molar-refractivity contribution in [1.82, 2.24) is 0 Å². The van der Waals surface area contributed by atoms with Crippen LogP contribution in [0.1, 0.15) is 17.3 Å². The summed E-state index contributed by atoms with van der Waals surface area (Å²) >= 11 is 0. The Bertz CT molecular complexity index is 601. The molecule has 2 aromatic rings. The van der Waals surface area contributed by atoms with Gasteiger partial charge in [0, 0.05) is 6.92 Å². The average Bonchev–Trinajstić information content (AvgIpc) is 2.27. The summed E-state index contributed by atoms with van der Waals surface area (Å²) in [4.78, 5) is 22.0. The van der Waals surface area contributed by atoms with E-state index in [1.165, 1.54) is 13.0 Å². The van der Waals surface area contributed by atoms with E-state index in [9.17, 15) is 9.59 Å². The van der Waals surface area contributed by atoms with E-state index in [0.717, 1.165) is 10.8 Å². The molecular weight excluding hydrogens is 220 g/mol. The highest BCUT2D eigenvalue weighted by molar-refractivity contribution is 5.98. The number of carbonyl (C=O) groups is 2. The summed E-state index contributed by atoms with van der Waals surface area (Å²) in [6.45, 7) is 1.24. The number of hydrogen-bond acceptors (Lipinski definition) is 3. The van der Waals surface area contributed by atoms with Crippen LogP contribution in [0.15, 0.2) is 36.4 Å². The van der Waals surface area contributed by atoms with Gasteiger partial charge in [-0.1, -0.05) is 24.3 Å². The number of ether oxygens (including phenoxy) is 1. The van der Waals surface area contributed by atoms with Crippen LogP contribution in [0.2, 0.25) is 0 Å². The number of carboxylic acids is 1. The second-order valence-electron chi connectivity index (χ2n) is 3.59. The molecule has 0 spiro atoms. The van der Waals surface area contributed by atoms with Gasteiger partial charge < -0.3 is 9.84 Å². The quantitative estimate of drug-likeness (QED) is 0.635. The zero-order valence-electron chi connectivity index (χ0n) is 9.14. The zero-order chi connectivity index (χ0) is 12.4. The van der Waals surface area contributed by atoms with Crippen LogP contribution in [-0.4, -0.2) is 17.0 Å². The molecule has 0 radical (unpaired) electrons. The number of benzene rings is 2. The van der Waals surface area contributed by atoms with E-state index in [2.05, 4.69) is 0 Å². The SMILES string of the molecule is CC(=O)Oc1cc2ccccc2cc1C(=O)O. The van der Waals surface area contributed by atoms with Crippen molar-refractivity contribution in [1.29, 1.82) is 0 Å². The molecule has 0 aliphatic rings. The first-order valence-corrected chi connectivity index (χ1v) is 5.02. The Hall–Kier alpha value is -2.36. The van der Waals surface area contributed by atoms with E-state index in [1.54, 1.807) is 12.1 Å². The highest BCUT2D eigenvalue weighted by Crippen LogP contribution is 2.26. The summed E-state index contributed by atoms with van der Waals surface area (Å²) in [5, 5.41) is 10.7. The lowest BCUT2D eigenvalue weighted by Crippen LogP contribution is -2.07. The molecule has 0 saturated carbocycles. The van der Waals surface area contributed by atoms with Gasteiger partial charge in [0.15, 0.2) is 0 Å². The maximum atomic E-state index is 11.1. The molecular formula is C13H10O4. The third-order valence-electron chi connectivity index (χ3n) is 2.33. The van der Waals surface area contributed by atoms with Crippen LogP contribution in [0.3, 0.4) is 0 Å². The highest BCUT2D eigenvalue weighted by Gasteiger charge is 2.14. The Morgan fingerprint density at radius 1 is 1.12 bits per heavy atom. The molecule has 0 heterocycles. The van der Waals surface area contributed by atoms with Crippen LogP contribution in [0.25, 0.3) is 10.8 Å². The van der Waals surface area contributed by atoms with Crippen molar-refractivity contribution in [2.45, 2.75) is 6.92 Å². The number of aromatic carboxylic acids is 1. The molecule has 17 heavy (non-hydrogen) atoms.